The fourth-order valence-corrected chi connectivity index (χ4v) is 3.98. The number of amides is 1. The number of halogens is 3. The van der Waals surface area contributed by atoms with Crippen LogP contribution in [0.15, 0.2) is 29.6 Å². The molecule has 5 nitrogen and oxygen atoms in total. The maximum atomic E-state index is 12.1. The van der Waals surface area contributed by atoms with E-state index in [0.717, 1.165) is 55.4 Å². The fraction of sp³-hybridized carbons (Fsp3) is 0.444. The van der Waals surface area contributed by atoms with Crippen molar-refractivity contribution in [2.24, 2.45) is 0 Å². The number of hydrogen-bond acceptors (Lipinski definition) is 5. The first-order valence-electron chi connectivity index (χ1n) is 8.61. The van der Waals surface area contributed by atoms with E-state index in [9.17, 15) is 4.79 Å². The normalized spacial score (nSPS) is 14.1. The number of nitrogens with one attached hydrogen (secondary N) is 2. The first kappa shape index (κ1) is 24.1. The minimum absolute atomic E-state index is 0. The fourth-order valence-electron chi connectivity index (χ4n) is 2.84. The highest BCUT2D eigenvalue weighted by atomic mass is 35.5. The van der Waals surface area contributed by atoms with Gasteiger partial charge in [-0.1, -0.05) is 29.8 Å². The summed E-state index contributed by atoms with van der Waals surface area (Å²) in [6.45, 7) is 6.06. The summed E-state index contributed by atoms with van der Waals surface area (Å²) in [6, 6.07) is 7.63. The number of piperazine rings is 1. The minimum atomic E-state index is 0. The van der Waals surface area contributed by atoms with Gasteiger partial charge in [0, 0.05) is 43.7 Å². The molecule has 1 aromatic heterocycles. The molecule has 1 aliphatic heterocycles. The van der Waals surface area contributed by atoms with Crippen LogP contribution in [0.5, 0.6) is 0 Å². The quantitative estimate of drug-likeness (QED) is 0.634. The number of rotatable bonds is 7. The Morgan fingerprint density at radius 1 is 1.26 bits per heavy atom. The molecular weight excluding hydrogens is 427 g/mol. The third-order valence-corrected chi connectivity index (χ3v) is 5.43. The molecule has 0 aliphatic carbocycles. The molecule has 0 radical (unpaired) electrons. The lowest BCUT2D eigenvalue weighted by Crippen LogP contribution is -2.44. The molecule has 2 N–H and O–H groups in total. The van der Waals surface area contributed by atoms with Crippen LogP contribution in [0.25, 0.3) is 10.6 Å². The van der Waals surface area contributed by atoms with E-state index < -0.39 is 0 Å². The average molecular weight is 452 g/mol. The van der Waals surface area contributed by atoms with E-state index in [1.54, 1.807) is 0 Å². The van der Waals surface area contributed by atoms with E-state index in [1.165, 1.54) is 11.3 Å². The van der Waals surface area contributed by atoms with Crippen molar-refractivity contribution >= 4 is 53.7 Å². The summed E-state index contributed by atoms with van der Waals surface area (Å²) in [4.78, 5) is 19.1. The highest BCUT2D eigenvalue weighted by Gasteiger charge is 2.12. The van der Waals surface area contributed by atoms with Crippen LogP contribution in [-0.4, -0.2) is 55.1 Å². The molecule has 0 spiro atoms. The first-order valence-corrected chi connectivity index (χ1v) is 9.87. The van der Waals surface area contributed by atoms with Gasteiger partial charge in [0.2, 0.25) is 5.91 Å². The molecule has 2 aromatic rings. The van der Waals surface area contributed by atoms with Crippen LogP contribution in [0.1, 0.15) is 12.1 Å². The molecular formula is C18H25Cl3N4OS. The van der Waals surface area contributed by atoms with Gasteiger partial charge in [-0.2, -0.15) is 0 Å². The van der Waals surface area contributed by atoms with Crippen molar-refractivity contribution in [3.05, 3.63) is 40.4 Å². The maximum Gasteiger partial charge on any atom is 0.226 e. The summed E-state index contributed by atoms with van der Waals surface area (Å²) in [6.07, 6.45) is 1.29. The number of thiazole rings is 1. The lowest BCUT2D eigenvalue weighted by molar-refractivity contribution is -0.120. The minimum Gasteiger partial charge on any atom is -0.356 e. The summed E-state index contributed by atoms with van der Waals surface area (Å²) in [5.74, 6) is 0.0244. The average Bonchev–Trinajstić information content (AvgIpc) is 3.08. The highest BCUT2D eigenvalue weighted by molar-refractivity contribution is 7.13. The summed E-state index contributed by atoms with van der Waals surface area (Å²) in [5, 5.41) is 9.80. The molecule has 9 heteroatoms. The van der Waals surface area contributed by atoms with E-state index in [4.69, 9.17) is 11.6 Å². The lowest BCUT2D eigenvalue weighted by Gasteiger charge is -2.27. The Labute approximate surface area is 181 Å². The Balaban J connectivity index is 0.00000182. The number of hydrogen-bond donors (Lipinski definition) is 2. The van der Waals surface area contributed by atoms with E-state index in [0.29, 0.717) is 18.0 Å². The van der Waals surface area contributed by atoms with Gasteiger partial charge in [-0.3, -0.25) is 4.79 Å². The highest BCUT2D eigenvalue weighted by Crippen LogP contribution is 2.30. The third kappa shape index (κ3) is 7.56. The Bertz CT molecular complexity index is 707. The van der Waals surface area contributed by atoms with Gasteiger partial charge in [-0.15, -0.1) is 36.2 Å². The molecule has 0 saturated carbocycles. The van der Waals surface area contributed by atoms with Crippen molar-refractivity contribution in [3.63, 3.8) is 0 Å². The topological polar surface area (TPSA) is 57.3 Å². The standard InChI is InChI=1S/C18H23ClN4OS.2ClH/c19-16-5-2-1-4-15(16)18-22-14(13-25-18)12-17(24)21-6-3-9-23-10-7-20-8-11-23;;/h1-2,4-5,13,20H,3,6-12H2,(H,21,24);2*1H. The van der Waals surface area contributed by atoms with Crippen LogP contribution >= 0.6 is 47.8 Å². The van der Waals surface area contributed by atoms with Gasteiger partial charge in [-0.05, 0) is 19.0 Å². The number of benzene rings is 1. The Hall–Kier alpha value is -0.890. The van der Waals surface area contributed by atoms with Crippen LogP contribution in [0, 0.1) is 0 Å². The van der Waals surface area contributed by atoms with E-state index in [1.807, 2.05) is 29.6 Å². The molecule has 1 aliphatic rings. The molecule has 2 heterocycles. The summed E-state index contributed by atoms with van der Waals surface area (Å²) < 4.78 is 0. The monoisotopic (exact) mass is 450 g/mol. The SMILES string of the molecule is Cl.Cl.O=C(Cc1csc(-c2ccccc2Cl)n1)NCCCN1CCNCC1. The van der Waals surface area contributed by atoms with Crippen molar-refractivity contribution in [2.45, 2.75) is 12.8 Å². The van der Waals surface area contributed by atoms with Crippen LogP contribution in [0.3, 0.4) is 0 Å². The Morgan fingerprint density at radius 2 is 2.00 bits per heavy atom. The van der Waals surface area contributed by atoms with Gasteiger partial charge in [0.25, 0.3) is 0 Å². The summed E-state index contributed by atoms with van der Waals surface area (Å²) in [5.41, 5.74) is 1.70. The van der Waals surface area contributed by atoms with Gasteiger partial charge in [-0.25, -0.2) is 4.98 Å². The van der Waals surface area contributed by atoms with Crippen molar-refractivity contribution < 1.29 is 4.79 Å². The van der Waals surface area contributed by atoms with Crippen molar-refractivity contribution in [1.29, 1.82) is 0 Å². The van der Waals surface area contributed by atoms with Crippen LogP contribution in [-0.2, 0) is 11.2 Å². The van der Waals surface area contributed by atoms with Gasteiger partial charge in [0.05, 0.1) is 17.1 Å². The van der Waals surface area contributed by atoms with Crippen LogP contribution < -0.4 is 10.6 Å². The predicted molar refractivity (Wildman–Crippen MR) is 118 cm³/mol. The number of carbonyl (C=O) groups is 1. The van der Waals surface area contributed by atoms with E-state index in [2.05, 4.69) is 20.5 Å². The van der Waals surface area contributed by atoms with E-state index >= 15 is 0 Å². The van der Waals surface area contributed by atoms with Crippen LogP contribution in [0.2, 0.25) is 5.02 Å². The Morgan fingerprint density at radius 3 is 2.74 bits per heavy atom. The summed E-state index contributed by atoms with van der Waals surface area (Å²) >= 11 is 7.72. The zero-order chi connectivity index (χ0) is 17.5. The van der Waals surface area contributed by atoms with Crippen molar-refractivity contribution in [1.82, 2.24) is 20.5 Å². The van der Waals surface area contributed by atoms with Crippen molar-refractivity contribution in [2.75, 3.05) is 39.3 Å². The molecule has 27 heavy (non-hydrogen) atoms. The number of carbonyl (C=O) groups excluding carboxylic acids is 1. The zero-order valence-corrected chi connectivity index (χ0v) is 18.2. The molecule has 150 valence electrons. The van der Waals surface area contributed by atoms with Gasteiger partial charge >= 0.3 is 0 Å². The second kappa shape index (κ2) is 12.5. The first-order chi connectivity index (χ1) is 12.2. The number of aromatic nitrogens is 1. The lowest BCUT2D eigenvalue weighted by atomic mass is 10.2. The molecule has 1 amide bonds. The summed E-state index contributed by atoms with van der Waals surface area (Å²) in [7, 11) is 0. The van der Waals surface area contributed by atoms with Crippen LogP contribution in [0.4, 0.5) is 0 Å². The largest absolute Gasteiger partial charge is 0.356 e. The van der Waals surface area contributed by atoms with Gasteiger partial charge in [0.15, 0.2) is 0 Å². The molecule has 0 bridgehead atoms. The molecule has 0 unspecified atom stereocenters. The smallest absolute Gasteiger partial charge is 0.226 e. The number of nitrogens with zero attached hydrogens (tertiary/aromatic N) is 2. The molecule has 1 aromatic carbocycles. The molecule has 3 rings (SSSR count). The predicted octanol–water partition coefficient (Wildman–Crippen LogP) is 3.26. The molecule has 1 saturated heterocycles. The second-order valence-corrected chi connectivity index (χ2v) is 7.36. The van der Waals surface area contributed by atoms with E-state index in [-0.39, 0.29) is 30.7 Å². The Kier molecular flexibility index (Phi) is 11.2. The zero-order valence-electron chi connectivity index (χ0n) is 14.9. The molecule has 1 fully saturated rings. The third-order valence-electron chi connectivity index (χ3n) is 4.18. The molecule has 0 atom stereocenters. The van der Waals surface area contributed by atoms with Gasteiger partial charge < -0.3 is 15.5 Å². The van der Waals surface area contributed by atoms with Crippen molar-refractivity contribution in [3.8, 4) is 10.6 Å². The maximum absolute atomic E-state index is 12.1. The second-order valence-electron chi connectivity index (χ2n) is 6.10. The van der Waals surface area contributed by atoms with Gasteiger partial charge in [0.1, 0.15) is 5.01 Å².